The molecule has 1 atom stereocenters. The van der Waals surface area contributed by atoms with Crippen molar-refractivity contribution in [3.8, 4) is 5.40 Å². The maximum Gasteiger partial charge on any atom is 0.133 e. The molecular formula is C8H8N2S. The molecule has 0 aliphatic heterocycles. The van der Waals surface area contributed by atoms with Gasteiger partial charge in [-0.1, -0.05) is 6.07 Å². The van der Waals surface area contributed by atoms with E-state index < -0.39 is 0 Å². The average molecular weight is 164 g/mol. The molecule has 0 radical (unpaired) electrons. The van der Waals surface area contributed by atoms with Crippen LogP contribution < -0.4 is 0 Å². The van der Waals surface area contributed by atoms with Crippen LogP contribution >= 0.6 is 11.8 Å². The molecule has 1 rings (SSSR count). The largest absolute Gasteiger partial charge is 0.264 e. The minimum absolute atomic E-state index is 0.216. The van der Waals surface area contributed by atoms with E-state index in [1.807, 2.05) is 19.1 Å². The third-order valence-electron chi connectivity index (χ3n) is 1.38. The van der Waals surface area contributed by atoms with Crippen molar-refractivity contribution in [3.63, 3.8) is 0 Å². The van der Waals surface area contributed by atoms with Gasteiger partial charge in [-0.2, -0.15) is 5.26 Å². The second-order valence-corrected chi connectivity index (χ2v) is 3.26. The fourth-order valence-electron chi connectivity index (χ4n) is 0.764. The Morgan fingerprint density at radius 1 is 1.73 bits per heavy atom. The Hall–Kier alpha value is -1.01. The highest BCUT2D eigenvalue weighted by Gasteiger charge is 2.03. The summed E-state index contributed by atoms with van der Waals surface area (Å²) in [5, 5.41) is 10.7. The number of rotatable bonds is 2. The summed E-state index contributed by atoms with van der Waals surface area (Å²) in [6.07, 6.45) is 3.52. The number of pyridine rings is 1. The lowest BCUT2D eigenvalue weighted by atomic mass is 10.2. The van der Waals surface area contributed by atoms with E-state index in [0.29, 0.717) is 0 Å². The Balaban J connectivity index is 2.70. The molecule has 0 unspecified atom stereocenters. The number of thiocyanates is 1. The van der Waals surface area contributed by atoms with Crippen molar-refractivity contribution >= 4 is 11.8 Å². The number of nitriles is 1. The molecule has 0 N–H and O–H groups in total. The van der Waals surface area contributed by atoms with E-state index in [9.17, 15) is 0 Å². The molecule has 0 bridgehead atoms. The van der Waals surface area contributed by atoms with Gasteiger partial charge >= 0.3 is 0 Å². The van der Waals surface area contributed by atoms with E-state index in [-0.39, 0.29) is 5.25 Å². The lowest BCUT2D eigenvalue weighted by molar-refractivity contribution is 1.08. The summed E-state index contributed by atoms with van der Waals surface area (Å²) in [5.41, 5.74) is 1.10. The van der Waals surface area contributed by atoms with Crippen molar-refractivity contribution in [2.75, 3.05) is 0 Å². The highest BCUT2D eigenvalue weighted by molar-refractivity contribution is 8.03. The van der Waals surface area contributed by atoms with Gasteiger partial charge in [-0.15, -0.1) is 0 Å². The highest BCUT2D eigenvalue weighted by Crippen LogP contribution is 2.25. The Labute approximate surface area is 70.3 Å². The fraction of sp³-hybridized carbons (Fsp3) is 0.250. The van der Waals surface area contributed by atoms with Gasteiger partial charge in [0.05, 0.1) is 0 Å². The van der Waals surface area contributed by atoms with E-state index in [1.165, 1.54) is 11.8 Å². The predicted octanol–water partition coefficient (Wildman–Crippen LogP) is 2.36. The van der Waals surface area contributed by atoms with E-state index in [2.05, 4.69) is 10.4 Å². The number of thioether (sulfide) groups is 1. The summed E-state index contributed by atoms with van der Waals surface area (Å²) in [6, 6.07) is 3.85. The molecule has 0 aliphatic rings. The molecule has 0 saturated heterocycles. The number of aromatic nitrogens is 1. The van der Waals surface area contributed by atoms with Gasteiger partial charge < -0.3 is 0 Å². The molecular weight excluding hydrogens is 156 g/mol. The van der Waals surface area contributed by atoms with E-state index in [0.717, 1.165) is 5.56 Å². The van der Waals surface area contributed by atoms with Crippen molar-refractivity contribution in [1.82, 2.24) is 4.98 Å². The second kappa shape index (κ2) is 3.99. The van der Waals surface area contributed by atoms with Gasteiger partial charge in [0.2, 0.25) is 0 Å². The molecule has 1 aromatic rings. The molecule has 2 nitrogen and oxygen atoms in total. The highest BCUT2D eigenvalue weighted by atomic mass is 32.2. The fourth-order valence-corrected chi connectivity index (χ4v) is 1.20. The molecule has 1 aromatic heterocycles. The van der Waals surface area contributed by atoms with Gasteiger partial charge in [0, 0.05) is 17.6 Å². The monoisotopic (exact) mass is 164 g/mol. The van der Waals surface area contributed by atoms with Crippen LogP contribution in [-0.2, 0) is 0 Å². The quantitative estimate of drug-likeness (QED) is 0.629. The molecule has 11 heavy (non-hydrogen) atoms. The summed E-state index contributed by atoms with van der Waals surface area (Å²) < 4.78 is 0. The lowest BCUT2D eigenvalue weighted by Gasteiger charge is -2.03. The van der Waals surface area contributed by atoms with Crippen molar-refractivity contribution in [3.05, 3.63) is 30.1 Å². The zero-order valence-corrected chi connectivity index (χ0v) is 7.01. The van der Waals surface area contributed by atoms with Crippen LogP contribution in [0, 0.1) is 10.7 Å². The Morgan fingerprint density at radius 2 is 2.55 bits per heavy atom. The summed E-state index contributed by atoms with van der Waals surface area (Å²) >= 11 is 1.25. The first-order valence-electron chi connectivity index (χ1n) is 3.29. The number of nitrogens with zero attached hydrogens (tertiary/aromatic N) is 2. The van der Waals surface area contributed by atoms with Crippen LogP contribution in [0.2, 0.25) is 0 Å². The third-order valence-corrected chi connectivity index (χ3v) is 2.11. The van der Waals surface area contributed by atoms with Crippen molar-refractivity contribution in [2.24, 2.45) is 0 Å². The second-order valence-electron chi connectivity index (χ2n) is 2.14. The summed E-state index contributed by atoms with van der Waals surface area (Å²) in [6.45, 7) is 1.99. The molecule has 56 valence electrons. The van der Waals surface area contributed by atoms with E-state index in [4.69, 9.17) is 5.26 Å². The zero-order chi connectivity index (χ0) is 8.10. The van der Waals surface area contributed by atoms with Gasteiger partial charge in [-0.05, 0) is 30.3 Å². The van der Waals surface area contributed by atoms with Crippen molar-refractivity contribution in [1.29, 1.82) is 5.26 Å². The molecule has 0 fully saturated rings. The van der Waals surface area contributed by atoms with Crippen LogP contribution in [0.15, 0.2) is 24.5 Å². The lowest BCUT2D eigenvalue weighted by Crippen LogP contribution is -1.86. The van der Waals surface area contributed by atoms with Crippen molar-refractivity contribution < 1.29 is 0 Å². The first-order valence-corrected chi connectivity index (χ1v) is 4.17. The normalized spacial score (nSPS) is 12.0. The van der Waals surface area contributed by atoms with Gasteiger partial charge in [0.1, 0.15) is 5.40 Å². The molecule has 3 heteroatoms. The van der Waals surface area contributed by atoms with Crippen LogP contribution in [0.5, 0.6) is 0 Å². The molecule has 0 aromatic carbocycles. The Morgan fingerprint density at radius 3 is 3.09 bits per heavy atom. The smallest absolute Gasteiger partial charge is 0.133 e. The van der Waals surface area contributed by atoms with Crippen LogP contribution in [0.25, 0.3) is 0 Å². The summed E-state index contributed by atoms with van der Waals surface area (Å²) in [4.78, 5) is 3.97. The first-order chi connectivity index (χ1) is 5.34. The molecule has 0 amide bonds. The standard InChI is InChI=1S/C8H8N2S/c1-7(11-6-9)8-3-2-4-10-5-8/h2-5,7H,1H3/t7-/m1/s1. The van der Waals surface area contributed by atoms with E-state index in [1.54, 1.807) is 12.4 Å². The van der Waals surface area contributed by atoms with Crippen LogP contribution in [0.1, 0.15) is 17.7 Å². The molecule has 0 spiro atoms. The van der Waals surface area contributed by atoms with Crippen molar-refractivity contribution in [2.45, 2.75) is 12.2 Å². The Bertz CT molecular complexity index is 253. The maximum atomic E-state index is 8.39. The van der Waals surface area contributed by atoms with Gasteiger partial charge in [-0.3, -0.25) is 4.98 Å². The third kappa shape index (κ3) is 2.24. The predicted molar refractivity (Wildman–Crippen MR) is 45.9 cm³/mol. The van der Waals surface area contributed by atoms with Crippen LogP contribution in [-0.4, -0.2) is 4.98 Å². The minimum atomic E-state index is 0.216. The van der Waals surface area contributed by atoms with Gasteiger partial charge in [0.25, 0.3) is 0 Å². The van der Waals surface area contributed by atoms with Gasteiger partial charge in [-0.25, -0.2) is 0 Å². The topological polar surface area (TPSA) is 36.7 Å². The molecule has 0 aliphatic carbocycles. The maximum absolute atomic E-state index is 8.39. The minimum Gasteiger partial charge on any atom is -0.264 e. The number of hydrogen-bond acceptors (Lipinski definition) is 3. The number of hydrogen-bond donors (Lipinski definition) is 0. The van der Waals surface area contributed by atoms with Crippen LogP contribution in [0.4, 0.5) is 0 Å². The first kappa shape index (κ1) is 8.09. The van der Waals surface area contributed by atoms with Gasteiger partial charge in [0.15, 0.2) is 0 Å². The SMILES string of the molecule is C[C@@H](SC#N)c1cccnc1. The zero-order valence-electron chi connectivity index (χ0n) is 6.19. The van der Waals surface area contributed by atoms with Crippen LogP contribution in [0.3, 0.4) is 0 Å². The molecule has 1 heterocycles. The summed E-state index contributed by atoms with van der Waals surface area (Å²) in [5.74, 6) is 0. The molecule has 0 saturated carbocycles. The summed E-state index contributed by atoms with van der Waals surface area (Å²) in [7, 11) is 0. The Kier molecular flexibility index (Phi) is 2.94. The van der Waals surface area contributed by atoms with E-state index >= 15 is 0 Å². The average Bonchev–Trinajstić information content (AvgIpc) is 2.07.